The number of rotatable bonds is 8. The van der Waals surface area contributed by atoms with Gasteiger partial charge in [0.1, 0.15) is 0 Å². The number of hydrogen-bond donors (Lipinski definition) is 1. The first-order chi connectivity index (χ1) is 12.2. The van der Waals surface area contributed by atoms with Gasteiger partial charge in [-0.3, -0.25) is 4.79 Å². The molecule has 1 saturated heterocycles. The number of benzene rings is 2. The fourth-order valence-corrected chi connectivity index (χ4v) is 3.44. The highest BCUT2D eigenvalue weighted by atomic mass is 16.7. The molecule has 0 amide bonds. The van der Waals surface area contributed by atoms with E-state index in [2.05, 4.69) is 18.2 Å². The summed E-state index contributed by atoms with van der Waals surface area (Å²) >= 11 is 0. The van der Waals surface area contributed by atoms with E-state index in [-0.39, 0.29) is 12.2 Å². The summed E-state index contributed by atoms with van der Waals surface area (Å²) in [5.74, 6) is -1.12. The molecule has 25 heavy (non-hydrogen) atoms. The van der Waals surface area contributed by atoms with E-state index in [1.807, 2.05) is 24.3 Å². The Labute approximate surface area is 148 Å². The van der Waals surface area contributed by atoms with E-state index < -0.39 is 5.97 Å². The molecule has 134 valence electrons. The normalized spacial score (nSPS) is 19.0. The van der Waals surface area contributed by atoms with E-state index in [1.165, 1.54) is 0 Å². The zero-order chi connectivity index (χ0) is 17.5. The van der Waals surface area contributed by atoms with E-state index in [1.54, 1.807) is 0 Å². The lowest BCUT2D eigenvalue weighted by Crippen LogP contribution is -2.23. The van der Waals surface area contributed by atoms with Crippen LogP contribution in [0, 0.1) is 5.92 Å². The van der Waals surface area contributed by atoms with Crippen LogP contribution in [0.5, 0.6) is 0 Å². The van der Waals surface area contributed by atoms with Gasteiger partial charge >= 0.3 is 5.97 Å². The van der Waals surface area contributed by atoms with Gasteiger partial charge in [0.25, 0.3) is 0 Å². The van der Waals surface area contributed by atoms with Crippen molar-refractivity contribution in [3.63, 3.8) is 0 Å². The standard InChI is InChI=1S/C21H26O4/c22-21(23)18(10-6-14-25-20-12-3-4-13-24-20)15-17-9-5-8-16-7-1-2-11-19(16)17/h1-2,5,7-9,11,18,20H,3-4,6,10,12-15H2,(H,22,23)/t18-,20?/m0/s1. The second kappa shape index (κ2) is 8.97. The number of hydrogen-bond acceptors (Lipinski definition) is 3. The van der Waals surface area contributed by atoms with Crippen LogP contribution in [-0.4, -0.2) is 30.6 Å². The van der Waals surface area contributed by atoms with Crippen LogP contribution < -0.4 is 0 Å². The minimum atomic E-state index is -0.734. The summed E-state index contributed by atoms with van der Waals surface area (Å²) in [6, 6.07) is 14.2. The largest absolute Gasteiger partial charge is 0.481 e. The molecule has 0 radical (unpaired) electrons. The van der Waals surface area contributed by atoms with Gasteiger partial charge in [0.15, 0.2) is 6.29 Å². The zero-order valence-corrected chi connectivity index (χ0v) is 14.5. The molecule has 1 fully saturated rings. The third-order valence-corrected chi connectivity index (χ3v) is 4.83. The van der Waals surface area contributed by atoms with Crippen LogP contribution >= 0.6 is 0 Å². The Hall–Kier alpha value is -1.91. The lowest BCUT2D eigenvalue weighted by molar-refractivity contribution is -0.163. The number of carboxylic acids is 1. The van der Waals surface area contributed by atoms with E-state index in [4.69, 9.17) is 9.47 Å². The first kappa shape index (κ1) is 17.9. The van der Waals surface area contributed by atoms with E-state index in [0.717, 1.165) is 48.6 Å². The molecule has 2 aromatic carbocycles. The first-order valence-electron chi connectivity index (χ1n) is 9.16. The van der Waals surface area contributed by atoms with Gasteiger partial charge in [0.05, 0.1) is 5.92 Å². The van der Waals surface area contributed by atoms with Crippen molar-refractivity contribution < 1.29 is 19.4 Å². The molecule has 1 unspecified atom stereocenters. The van der Waals surface area contributed by atoms with Crippen LogP contribution in [0.4, 0.5) is 0 Å². The maximum absolute atomic E-state index is 11.7. The summed E-state index contributed by atoms with van der Waals surface area (Å²) in [5.41, 5.74) is 1.10. The second-order valence-electron chi connectivity index (χ2n) is 6.69. The van der Waals surface area contributed by atoms with E-state index in [9.17, 15) is 9.90 Å². The van der Waals surface area contributed by atoms with Crippen LogP contribution in [0.3, 0.4) is 0 Å². The van der Waals surface area contributed by atoms with E-state index in [0.29, 0.717) is 19.4 Å². The number of ether oxygens (including phenoxy) is 2. The summed E-state index contributed by atoms with van der Waals surface area (Å²) in [5, 5.41) is 11.9. The summed E-state index contributed by atoms with van der Waals surface area (Å²) in [6.07, 6.45) is 4.99. The second-order valence-corrected chi connectivity index (χ2v) is 6.69. The molecular formula is C21H26O4. The van der Waals surface area contributed by atoms with Crippen molar-refractivity contribution in [1.82, 2.24) is 0 Å². The van der Waals surface area contributed by atoms with Crippen LogP contribution in [0.25, 0.3) is 10.8 Å². The Bertz CT molecular complexity index is 686. The third-order valence-electron chi connectivity index (χ3n) is 4.83. The molecule has 1 aliphatic rings. The average molecular weight is 342 g/mol. The summed E-state index contributed by atoms with van der Waals surface area (Å²) in [4.78, 5) is 11.7. The van der Waals surface area contributed by atoms with Crippen molar-refractivity contribution in [2.75, 3.05) is 13.2 Å². The van der Waals surface area contributed by atoms with Crippen molar-refractivity contribution in [3.8, 4) is 0 Å². The van der Waals surface area contributed by atoms with Crippen LogP contribution in [0.1, 0.15) is 37.7 Å². The quantitative estimate of drug-likeness (QED) is 0.722. The van der Waals surface area contributed by atoms with Crippen LogP contribution in [0.2, 0.25) is 0 Å². The summed E-state index contributed by atoms with van der Waals surface area (Å²) in [6.45, 7) is 1.33. The van der Waals surface area contributed by atoms with Gasteiger partial charge in [0.2, 0.25) is 0 Å². The van der Waals surface area contributed by atoms with Crippen molar-refractivity contribution in [2.45, 2.75) is 44.8 Å². The maximum atomic E-state index is 11.7. The fraction of sp³-hybridized carbons (Fsp3) is 0.476. The molecule has 2 aromatic rings. The highest BCUT2D eigenvalue weighted by Gasteiger charge is 2.19. The smallest absolute Gasteiger partial charge is 0.306 e. The molecular weight excluding hydrogens is 316 g/mol. The van der Waals surface area contributed by atoms with Gasteiger partial charge in [-0.2, -0.15) is 0 Å². The van der Waals surface area contributed by atoms with Crippen LogP contribution in [0.15, 0.2) is 42.5 Å². The summed E-state index contributed by atoms with van der Waals surface area (Å²) < 4.78 is 11.3. The molecule has 2 atom stereocenters. The molecule has 1 aliphatic heterocycles. The highest BCUT2D eigenvalue weighted by molar-refractivity contribution is 5.86. The van der Waals surface area contributed by atoms with Gasteiger partial charge in [-0.1, -0.05) is 42.5 Å². The Morgan fingerprint density at radius 1 is 1.20 bits per heavy atom. The molecule has 3 rings (SSSR count). The minimum Gasteiger partial charge on any atom is -0.481 e. The fourth-order valence-electron chi connectivity index (χ4n) is 3.44. The number of carbonyl (C=O) groups is 1. The van der Waals surface area contributed by atoms with Crippen molar-refractivity contribution in [3.05, 3.63) is 48.0 Å². The van der Waals surface area contributed by atoms with Gasteiger partial charge < -0.3 is 14.6 Å². The zero-order valence-electron chi connectivity index (χ0n) is 14.5. The molecule has 0 spiro atoms. The van der Waals surface area contributed by atoms with Gasteiger partial charge in [-0.05, 0) is 54.9 Å². The Kier molecular flexibility index (Phi) is 6.42. The third kappa shape index (κ3) is 5.03. The monoisotopic (exact) mass is 342 g/mol. The number of carboxylic acid groups (broad SMARTS) is 1. The van der Waals surface area contributed by atoms with Gasteiger partial charge in [0, 0.05) is 13.2 Å². The average Bonchev–Trinajstić information content (AvgIpc) is 2.65. The Balaban J connectivity index is 1.55. The molecule has 0 aliphatic carbocycles. The highest BCUT2D eigenvalue weighted by Crippen LogP contribution is 2.23. The molecule has 4 heteroatoms. The van der Waals surface area contributed by atoms with Gasteiger partial charge in [-0.25, -0.2) is 0 Å². The number of aliphatic carboxylic acids is 1. The molecule has 1 N–H and O–H groups in total. The topological polar surface area (TPSA) is 55.8 Å². The molecule has 4 nitrogen and oxygen atoms in total. The predicted molar refractivity (Wildman–Crippen MR) is 97.6 cm³/mol. The first-order valence-corrected chi connectivity index (χ1v) is 9.16. The molecule has 0 saturated carbocycles. The maximum Gasteiger partial charge on any atom is 0.306 e. The lowest BCUT2D eigenvalue weighted by atomic mass is 9.92. The molecule has 0 aromatic heterocycles. The summed E-state index contributed by atoms with van der Waals surface area (Å²) in [7, 11) is 0. The molecule has 1 heterocycles. The SMILES string of the molecule is O=C(O)[C@@H](CCCOC1CCCCO1)Cc1cccc2ccccc12. The van der Waals surface area contributed by atoms with Crippen LogP contribution in [-0.2, 0) is 20.7 Å². The lowest BCUT2D eigenvalue weighted by Gasteiger charge is -2.23. The predicted octanol–water partition coefficient (Wildman–Crippen LogP) is 4.41. The van der Waals surface area contributed by atoms with Gasteiger partial charge in [-0.15, -0.1) is 0 Å². The van der Waals surface area contributed by atoms with Crippen molar-refractivity contribution in [2.24, 2.45) is 5.92 Å². The Morgan fingerprint density at radius 2 is 2.04 bits per heavy atom. The van der Waals surface area contributed by atoms with Crippen molar-refractivity contribution >= 4 is 16.7 Å². The van der Waals surface area contributed by atoms with E-state index >= 15 is 0 Å². The van der Waals surface area contributed by atoms with Crippen molar-refractivity contribution in [1.29, 1.82) is 0 Å². The molecule has 0 bridgehead atoms. The minimum absolute atomic E-state index is 0.102. The number of fused-ring (bicyclic) bond motifs is 1. The Morgan fingerprint density at radius 3 is 2.84 bits per heavy atom.